The van der Waals surface area contributed by atoms with E-state index in [9.17, 15) is 9.18 Å². The van der Waals surface area contributed by atoms with Crippen molar-refractivity contribution >= 4 is 17.7 Å². The number of ether oxygens (including phenoxy) is 2. The number of hydrogen-bond donors (Lipinski definition) is 1. The topological polar surface area (TPSA) is 54.0 Å². The largest absolute Gasteiger partial charge is 0.498 e. The highest BCUT2D eigenvalue weighted by atomic mass is 35.5. The maximum atomic E-state index is 13.6. The summed E-state index contributed by atoms with van der Waals surface area (Å²) in [6.07, 6.45) is 18.7. The Morgan fingerprint density at radius 1 is 1.27 bits per heavy atom. The first-order valence-electron chi connectivity index (χ1n) is 14.4. The fourth-order valence-corrected chi connectivity index (χ4v) is 6.63. The molecule has 6 nitrogen and oxygen atoms in total. The fraction of sp³-hybridized carbons (Fsp3) is 0.531. The van der Waals surface area contributed by atoms with E-state index in [-0.39, 0.29) is 23.8 Å². The molecule has 0 aromatic carbocycles. The van der Waals surface area contributed by atoms with E-state index < -0.39 is 11.7 Å². The number of amides is 1. The summed E-state index contributed by atoms with van der Waals surface area (Å²) in [6.45, 7) is 8.20. The van der Waals surface area contributed by atoms with Crippen molar-refractivity contribution in [2.75, 3.05) is 26.7 Å². The van der Waals surface area contributed by atoms with Crippen LogP contribution in [0.2, 0.25) is 0 Å². The van der Waals surface area contributed by atoms with Crippen LogP contribution < -0.4 is 5.32 Å². The second kappa shape index (κ2) is 12.0. The van der Waals surface area contributed by atoms with Crippen molar-refractivity contribution in [1.29, 1.82) is 0 Å². The summed E-state index contributed by atoms with van der Waals surface area (Å²) >= 11 is 6.37. The second-order valence-corrected chi connectivity index (χ2v) is 12.2. The lowest BCUT2D eigenvalue weighted by Gasteiger charge is -2.39. The van der Waals surface area contributed by atoms with E-state index in [4.69, 9.17) is 21.1 Å². The third kappa shape index (κ3) is 6.26. The fourth-order valence-electron chi connectivity index (χ4n) is 6.42. The summed E-state index contributed by atoms with van der Waals surface area (Å²) in [7, 11) is 2.18. The SMILES string of the molecule is C/C(=C\C=C(/C)[C@H]1C2=C(CCN1C(=O)OC1(C)C=CC(F)=CC1)C1C=C(Cl)C=CC1N2)OCCC1CCCN1C. The molecule has 1 saturated heterocycles. The van der Waals surface area contributed by atoms with Gasteiger partial charge in [0.2, 0.25) is 0 Å². The van der Waals surface area contributed by atoms with Gasteiger partial charge in [-0.25, -0.2) is 9.18 Å². The minimum atomic E-state index is -0.892. The standard InChI is InChI=1S/C32H41ClFN3O3/c1-21(7-8-22(2)39-19-14-25-6-5-17-36(25)4)30-29-26(27-20-23(33)9-10-28(27)35-29)13-18-37(30)31(38)40-32(3)15-11-24(34)12-16-32/h7-12,15,20,25,27-28,30,35H,5-6,13-14,16-19H2,1-4H3/b21-7+,22-8+/t25?,27?,28?,30-,32?/m0/s1. The smallest absolute Gasteiger partial charge is 0.411 e. The monoisotopic (exact) mass is 569 g/mol. The molecule has 1 fully saturated rings. The molecule has 3 aliphatic heterocycles. The van der Waals surface area contributed by atoms with Crippen LogP contribution in [-0.4, -0.2) is 66.4 Å². The zero-order valence-corrected chi connectivity index (χ0v) is 24.7. The van der Waals surface area contributed by atoms with Gasteiger partial charge in [-0.3, -0.25) is 4.90 Å². The van der Waals surface area contributed by atoms with Crippen LogP contribution in [0.1, 0.15) is 52.9 Å². The van der Waals surface area contributed by atoms with Gasteiger partial charge in [-0.15, -0.1) is 0 Å². The first-order valence-corrected chi connectivity index (χ1v) is 14.8. The van der Waals surface area contributed by atoms with Crippen LogP contribution in [0.4, 0.5) is 9.18 Å². The van der Waals surface area contributed by atoms with Crippen LogP contribution in [0.25, 0.3) is 0 Å². The van der Waals surface area contributed by atoms with Gasteiger partial charge in [-0.05, 0) is 102 Å². The molecule has 216 valence electrons. The van der Waals surface area contributed by atoms with Crippen LogP contribution in [0.15, 0.2) is 82.1 Å². The van der Waals surface area contributed by atoms with Crippen molar-refractivity contribution < 1.29 is 18.7 Å². The Balaban J connectivity index is 1.35. The van der Waals surface area contributed by atoms with Gasteiger partial charge in [-0.1, -0.05) is 29.8 Å². The molecule has 0 radical (unpaired) electrons. The number of allylic oxidation sites excluding steroid dienone is 7. The molecule has 0 aromatic rings. The first kappa shape index (κ1) is 28.7. The minimum absolute atomic E-state index is 0.111. The van der Waals surface area contributed by atoms with Crippen molar-refractivity contribution in [3.8, 4) is 0 Å². The number of fused-ring (bicyclic) bond motifs is 2. The summed E-state index contributed by atoms with van der Waals surface area (Å²) in [5.41, 5.74) is 2.42. The van der Waals surface area contributed by atoms with E-state index in [1.54, 1.807) is 11.0 Å². The summed E-state index contributed by atoms with van der Waals surface area (Å²) in [6, 6.07) is 0.390. The van der Waals surface area contributed by atoms with Gasteiger partial charge in [0.15, 0.2) is 0 Å². The molecule has 1 N–H and O–H groups in total. The molecule has 4 unspecified atom stereocenters. The molecule has 0 spiro atoms. The predicted octanol–water partition coefficient (Wildman–Crippen LogP) is 6.65. The highest BCUT2D eigenvalue weighted by Gasteiger charge is 2.44. The summed E-state index contributed by atoms with van der Waals surface area (Å²) < 4.78 is 25.6. The lowest BCUT2D eigenvalue weighted by Crippen LogP contribution is -2.50. The van der Waals surface area contributed by atoms with Gasteiger partial charge >= 0.3 is 6.09 Å². The number of hydrogen-bond acceptors (Lipinski definition) is 5. The third-order valence-electron chi connectivity index (χ3n) is 8.78. The van der Waals surface area contributed by atoms with Gasteiger partial charge in [0.25, 0.3) is 0 Å². The summed E-state index contributed by atoms with van der Waals surface area (Å²) in [4.78, 5) is 17.8. The quantitative estimate of drug-likeness (QED) is 0.275. The highest BCUT2D eigenvalue weighted by Crippen LogP contribution is 2.41. The van der Waals surface area contributed by atoms with Gasteiger partial charge in [0, 0.05) is 35.7 Å². The first-order chi connectivity index (χ1) is 19.1. The Hall–Kier alpha value is -2.77. The Bertz CT molecular complexity index is 1230. The molecule has 5 rings (SSSR count). The van der Waals surface area contributed by atoms with E-state index >= 15 is 0 Å². The Labute approximate surface area is 242 Å². The molecule has 1 amide bonds. The van der Waals surface area contributed by atoms with Gasteiger partial charge in [0.05, 0.1) is 24.4 Å². The van der Waals surface area contributed by atoms with E-state index in [1.807, 2.05) is 39.0 Å². The predicted molar refractivity (Wildman–Crippen MR) is 157 cm³/mol. The number of carbonyl (C=O) groups is 1. The average Bonchev–Trinajstić information content (AvgIpc) is 3.51. The Kier molecular flexibility index (Phi) is 8.62. The summed E-state index contributed by atoms with van der Waals surface area (Å²) in [5, 5.41) is 4.41. The number of carbonyl (C=O) groups excluding carboxylic acids is 1. The third-order valence-corrected chi connectivity index (χ3v) is 9.04. The normalized spacial score (nSPS) is 32.4. The molecule has 40 heavy (non-hydrogen) atoms. The van der Waals surface area contributed by atoms with Crippen LogP contribution in [-0.2, 0) is 9.47 Å². The molecule has 2 aliphatic carbocycles. The van der Waals surface area contributed by atoms with Crippen LogP contribution >= 0.6 is 11.6 Å². The molecular formula is C32H41ClFN3O3. The number of rotatable bonds is 7. The van der Waals surface area contributed by atoms with Gasteiger partial charge in [0.1, 0.15) is 11.4 Å². The van der Waals surface area contributed by atoms with Crippen LogP contribution in [0, 0.1) is 5.92 Å². The lowest BCUT2D eigenvalue weighted by atomic mass is 9.85. The van der Waals surface area contributed by atoms with Crippen LogP contribution in [0.5, 0.6) is 0 Å². The molecule has 0 saturated carbocycles. The van der Waals surface area contributed by atoms with Crippen molar-refractivity contribution in [3.63, 3.8) is 0 Å². The number of nitrogens with zero attached hydrogens (tertiary/aromatic N) is 2. The number of likely N-dealkylation sites (tertiary alicyclic amines) is 1. The molecule has 5 atom stereocenters. The van der Waals surface area contributed by atoms with Crippen molar-refractivity contribution in [3.05, 3.63) is 82.1 Å². The van der Waals surface area contributed by atoms with Crippen molar-refractivity contribution in [2.45, 2.75) is 76.6 Å². The van der Waals surface area contributed by atoms with E-state index in [0.717, 1.165) is 41.4 Å². The Morgan fingerprint density at radius 2 is 2.10 bits per heavy atom. The van der Waals surface area contributed by atoms with E-state index in [1.165, 1.54) is 30.6 Å². The zero-order valence-electron chi connectivity index (χ0n) is 24.0. The lowest BCUT2D eigenvalue weighted by molar-refractivity contribution is 0.0262. The molecular weight excluding hydrogens is 529 g/mol. The Morgan fingerprint density at radius 3 is 2.83 bits per heavy atom. The molecule has 8 heteroatoms. The average molecular weight is 570 g/mol. The minimum Gasteiger partial charge on any atom is -0.498 e. The number of nitrogens with one attached hydrogen (secondary N) is 1. The second-order valence-electron chi connectivity index (χ2n) is 11.8. The van der Waals surface area contributed by atoms with Gasteiger partial charge in [-0.2, -0.15) is 0 Å². The molecule has 3 heterocycles. The molecule has 0 bridgehead atoms. The molecule has 0 aromatic heterocycles. The van der Waals surface area contributed by atoms with Crippen molar-refractivity contribution in [1.82, 2.24) is 15.1 Å². The maximum Gasteiger partial charge on any atom is 0.411 e. The van der Waals surface area contributed by atoms with Crippen molar-refractivity contribution in [2.24, 2.45) is 5.92 Å². The van der Waals surface area contributed by atoms with E-state index in [0.29, 0.717) is 25.6 Å². The number of halogens is 2. The van der Waals surface area contributed by atoms with Crippen LogP contribution in [0.3, 0.4) is 0 Å². The molecule has 5 aliphatic rings. The maximum absolute atomic E-state index is 13.6. The van der Waals surface area contributed by atoms with Gasteiger partial charge < -0.3 is 19.7 Å². The summed E-state index contributed by atoms with van der Waals surface area (Å²) in [5.74, 6) is 0.704. The van der Waals surface area contributed by atoms with E-state index in [2.05, 4.69) is 29.4 Å². The zero-order chi connectivity index (χ0) is 28.4. The highest BCUT2D eigenvalue weighted by molar-refractivity contribution is 6.31.